The second kappa shape index (κ2) is 4.92. The Morgan fingerprint density at radius 2 is 2.11 bits per heavy atom. The molecule has 2 N–H and O–H groups in total. The summed E-state index contributed by atoms with van der Waals surface area (Å²) >= 11 is 3.32. The number of nitrogens with one attached hydrogen (secondary N) is 1. The fraction of sp³-hybridized carbons (Fsp3) is 0.500. The Kier molecular flexibility index (Phi) is 3.82. The van der Waals surface area contributed by atoms with Gasteiger partial charge in [0.1, 0.15) is 0 Å². The minimum absolute atomic E-state index is 0.0347. The summed E-state index contributed by atoms with van der Waals surface area (Å²) in [6, 6.07) is 5.09. The number of halogens is 1. The summed E-state index contributed by atoms with van der Waals surface area (Å²) in [5.41, 5.74) is 0.464. The molecule has 0 atom stereocenters. The van der Waals surface area contributed by atoms with Crippen molar-refractivity contribution in [2.45, 2.75) is 24.7 Å². The van der Waals surface area contributed by atoms with E-state index in [2.05, 4.69) is 20.7 Å². The second-order valence-electron chi connectivity index (χ2n) is 4.85. The number of hydrogen-bond donors (Lipinski definition) is 2. The van der Waals surface area contributed by atoms with Gasteiger partial charge in [-0.25, -0.2) is 13.1 Å². The fourth-order valence-electron chi connectivity index (χ4n) is 1.77. The molecule has 2 rings (SSSR count). The van der Waals surface area contributed by atoms with Gasteiger partial charge in [-0.15, -0.1) is 0 Å². The first-order chi connectivity index (χ1) is 8.40. The predicted octanol–water partition coefficient (Wildman–Crippen LogP) is 1.81. The van der Waals surface area contributed by atoms with Crippen LogP contribution in [-0.2, 0) is 10.0 Å². The van der Waals surface area contributed by atoms with Crippen molar-refractivity contribution in [3.8, 4) is 0 Å². The lowest BCUT2D eigenvalue weighted by molar-refractivity contribution is 0.213. The molecule has 0 spiro atoms. The van der Waals surface area contributed by atoms with E-state index in [-0.39, 0.29) is 16.9 Å². The van der Waals surface area contributed by atoms with Gasteiger partial charge in [0.25, 0.3) is 0 Å². The molecule has 1 aliphatic carbocycles. The molecule has 18 heavy (non-hydrogen) atoms. The Labute approximate surface area is 116 Å². The van der Waals surface area contributed by atoms with Gasteiger partial charge in [0.15, 0.2) is 0 Å². The van der Waals surface area contributed by atoms with E-state index in [1.807, 2.05) is 6.07 Å². The molecule has 0 unspecified atom stereocenters. The number of aliphatic hydroxyl groups excluding tert-OH is 1. The molecule has 0 bridgehead atoms. The van der Waals surface area contributed by atoms with Gasteiger partial charge in [0, 0.05) is 23.0 Å². The van der Waals surface area contributed by atoms with Crippen LogP contribution in [0.4, 0.5) is 0 Å². The first-order valence-corrected chi connectivity index (χ1v) is 8.03. The monoisotopic (exact) mass is 333 g/mol. The quantitative estimate of drug-likeness (QED) is 0.863. The molecular formula is C12H16BrNO3S. The molecule has 1 fully saturated rings. The molecular weight excluding hydrogens is 318 g/mol. The molecule has 100 valence electrons. The van der Waals surface area contributed by atoms with Gasteiger partial charge in [-0.1, -0.05) is 22.0 Å². The van der Waals surface area contributed by atoms with Crippen LogP contribution in [0.2, 0.25) is 0 Å². The summed E-state index contributed by atoms with van der Waals surface area (Å²) in [5, 5.41) is 9.18. The molecule has 0 radical (unpaired) electrons. The fourth-order valence-corrected chi connectivity index (χ4v) is 3.69. The van der Waals surface area contributed by atoms with Crippen LogP contribution in [-0.4, -0.2) is 26.7 Å². The standard InChI is InChI=1S/C12H16BrNO3S/c1-9-10(13)3-2-4-11(9)18(16,17)14-7-12(8-15)5-6-12/h2-4,14-15H,5-8H2,1H3. The highest BCUT2D eigenvalue weighted by molar-refractivity contribution is 9.10. The Bertz CT molecular complexity index is 552. The van der Waals surface area contributed by atoms with E-state index >= 15 is 0 Å². The Balaban J connectivity index is 2.18. The van der Waals surface area contributed by atoms with Crippen LogP contribution in [0, 0.1) is 12.3 Å². The Morgan fingerprint density at radius 3 is 2.67 bits per heavy atom. The third-order valence-electron chi connectivity index (χ3n) is 3.44. The van der Waals surface area contributed by atoms with Crippen molar-refractivity contribution in [3.63, 3.8) is 0 Å². The summed E-state index contributed by atoms with van der Waals surface area (Å²) in [4.78, 5) is 0.283. The normalized spacial score (nSPS) is 17.7. The van der Waals surface area contributed by atoms with Crippen LogP contribution < -0.4 is 4.72 Å². The smallest absolute Gasteiger partial charge is 0.240 e. The Hall–Kier alpha value is -0.430. The molecule has 0 heterocycles. The zero-order chi connectivity index (χ0) is 13.4. The van der Waals surface area contributed by atoms with Gasteiger partial charge in [0.05, 0.1) is 4.90 Å². The van der Waals surface area contributed by atoms with Crippen LogP contribution in [0.5, 0.6) is 0 Å². The zero-order valence-corrected chi connectivity index (χ0v) is 12.5. The molecule has 1 saturated carbocycles. The zero-order valence-electron chi connectivity index (χ0n) is 10.1. The summed E-state index contributed by atoms with van der Waals surface area (Å²) in [5.74, 6) is 0. The molecule has 1 aromatic rings. The average Bonchev–Trinajstić information content (AvgIpc) is 3.11. The minimum Gasteiger partial charge on any atom is -0.396 e. The average molecular weight is 334 g/mol. The minimum atomic E-state index is -3.51. The van der Waals surface area contributed by atoms with Crippen LogP contribution in [0.1, 0.15) is 18.4 Å². The summed E-state index contributed by atoms with van der Waals surface area (Å²) in [6.07, 6.45) is 1.76. The van der Waals surface area contributed by atoms with Crippen LogP contribution in [0.25, 0.3) is 0 Å². The largest absolute Gasteiger partial charge is 0.396 e. The summed E-state index contributed by atoms with van der Waals surface area (Å²) < 4.78 is 27.7. The van der Waals surface area contributed by atoms with Crippen molar-refractivity contribution >= 4 is 26.0 Å². The van der Waals surface area contributed by atoms with Crippen molar-refractivity contribution in [2.24, 2.45) is 5.41 Å². The lowest BCUT2D eigenvalue weighted by atomic mass is 10.1. The van der Waals surface area contributed by atoms with Gasteiger partial charge in [-0.05, 0) is 37.5 Å². The lowest BCUT2D eigenvalue weighted by Gasteiger charge is -2.14. The van der Waals surface area contributed by atoms with Crippen molar-refractivity contribution in [2.75, 3.05) is 13.2 Å². The summed E-state index contributed by atoms with van der Waals surface area (Å²) in [7, 11) is -3.51. The van der Waals surface area contributed by atoms with Crippen molar-refractivity contribution in [3.05, 3.63) is 28.2 Å². The van der Waals surface area contributed by atoms with Crippen LogP contribution >= 0.6 is 15.9 Å². The van der Waals surface area contributed by atoms with Crippen molar-refractivity contribution < 1.29 is 13.5 Å². The van der Waals surface area contributed by atoms with E-state index in [1.165, 1.54) is 0 Å². The van der Waals surface area contributed by atoms with Gasteiger partial charge in [-0.3, -0.25) is 0 Å². The third-order valence-corrected chi connectivity index (χ3v) is 5.84. The van der Waals surface area contributed by atoms with E-state index < -0.39 is 10.0 Å². The molecule has 0 saturated heterocycles. The number of benzene rings is 1. The highest BCUT2D eigenvalue weighted by Gasteiger charge is 2.42. The number of hydrogen-bond acceptors (Lipinski definition) is 3. The second-order valence-corrected chi connectivity index (χ2v) is 7.44. The van der Waals surface area contributed by atoms with Crippen LogP contribution in [0.15, 0.2) is 27.6 Å². The van der Waals surface area contributed by atoms with E-state index in [0.29, 0.717) is 12.1 Å². The van der Waals surface area contributed by atoms with Gasteiger partial charge < -0.3 is 5.11 Å². The Morgan fingerprint density at radius 1 is 1.44 bits per heavy atom. The molecule has 4 nitrogen and oxygen atoms in total. The van der Waals surface area contributed by atoms with Crippen LogP contribution in [0.3, 0.4) is 0 Å². The first kappa shape index (κ1) is 14.0. The summed E-state index contributed by atoms with van der Waals surface area (Å²) in [6.45, 7) is 2.10. The lowest BCUT2D eigenvalue weighted by Crippen LogP contribution is -2.32. The van der Waals surface area contributed by atoms with Gasteiger partial charge in [0.2, 0.25) is 10.0 Å². The first-order valence-electron chi connectivity index (χ1n) is 5.76. The molecule has 6 heteroatoms. The number of rotatable bonds is 5. The maximum atomic E-state index is 12.2. The number of sulfonamides is 1. The third kappa shape index (κ3) is 2.77. The van der Waals surface area contributed by atoms with Crippen molar-refractivity contribution in [1.29, 1.82) is 0 Å². The number of aliphatic hydroxyl groups is 1. The van der Waals surface area contributed by atoms with E-state index in [1.54, 1.807) is 19.1 Å². The van der Waals surface area contributed by atoms with E-state index in [4.69, 9.17) is 0 Å². The van der Waals surface area contributed by atoms with Crippen molar-refractivity contribution in [1.82, 2.24) is 4.72 Å². The molecule has 1 aliphatic rings. The predicted molar refractivity (Wildman–Crippen MR) is 72.8 cm³/mol. The maximum Gasteiger partial charge on any atom is 0.240 e. The molecule has 0 amide bonds. The molecule has 0 aliphatic heterocycles. The highest BCUT2D eigenvalue weighted by Crippen LogP contribution is 2.44. The topological polar surface area (TPSA) is 66.4 Å². The van der Waals surface area contributed by atoms with Gasteiger partial charge in [-0.2, -0.15) is 0 Å². The van der Waals surface area contributed by atoms with E-state index in [9.17, 15) is 13.5 Å². The molecule has 0 aromatic heterocycles. The highest BCUT2D eigenvalue weighted by atomic mass is 79.9. The van der Waals surface area contributed by atoms with Gasteiger partial charge >= 0.3 is 0 Å². The van der Waals surface area contributed by atoms with E-state index in [0.717, 1.165) is 17.3 Å². The SMILES string of the molecule is Cc1c(Br)cccc1S(=O)(=O)NCC1(CO)CC1. The molecule has 1 aromatic carbocycles. The maximum absolute atomic E-state index is 12.2.